The Hall–Kier alpha value is -4.33. The second-order valence-electron chi connectivity index (χ2n) is 7.65. The number of hydrogen-bond donors (Lipinski definition) is 1. The number of esters is 1. The number of ether oxygens (including phenoxy) is 4. The van der Waals surface area contributed by atoms with Crippen LogP contribution in [0, 0.1) is 0 Å². The highest BCUT2D eigenvalue weighted by molar-refractivity contribution is 5.91. The Kier molecular flexibility index (Phi) is 10.3. The van der Waals surface area contributed by atoms with Crippen LogP contribution in [0.4, 0.5) is 0 Å². The van der Waals surface area contributed by atoms with Gasteiger partial charge in [-0.3, -0.25) is 4.79 Å². The van der Waals surface area contributed by atoms with Crippen LogP contribution in [0.25, 0.3) is 0 Å². The van der Waals surface area contributed by atoms with Crippen molar-refractivity contribution in [1.82, 2.24) is 5.43 Å². The Bertz CT molecular complexity index is 1150. The molecule has 188 valence electrons. The van der Waals surface area contributed by atoms with E-state index < -0.39 is 11.9 Å². The summed E-state index contributed by atoms with van der Waals surface area (Å²) in [6, 6.07) is 20.8. The maximum atomic E-state index is 12.4. The highest BCUT2D eigenvalue weighted by atomic mass is 16.6. The lowest BCUT2D eigenvalue weighted by Gasteiger charge is -2.11. The van der Waals surface area contributed by atoms with E-state index in [1.54, 1.807) is 66.7 Å². The van der Waals surface area contributed by atoms with E-state index in [1.807, 2.05) is 13.0 Å². The molecule has 1 N–H and O–H groups in total. The van der Waals surface area contributed by atoms with E-state index in [0.717, 1.165) is 18.6 Å². The summed E-state index contributed by atoms with van der Waals surface area (Å²) in [6.45, 7) is 4.81. The monoisotopic (exact) mass is 490 g/mol. The number of unbranched alkanes of at least 4 members (excludes halogenated alkanes) is 1. The Labute approximate surface area is 210 Å². The van der Waals surface area contributed by atoms with Gasteiger partial charge in [0.2, 0.25) is 0 Å². The fraction of sp³-hybridized carbons (Fsp3) is 0.250. The molecule has 1 amide bonds. The van der Waals surface area contributed by atoms with Crippen molar-refractivity contribution in [3.8, 4) is 23.0 Å². The lowest BCUT2D eigenvalue weighted by Crippen LogP contribution is -2.24. The van der Waals surface area contributed by atoms with Crippen molar-refractivity contribution >= 4 is 18.1 Å². The molecular weight excluding hydrogens is 460 g/mol. The largest absolute Gasteiger partial charge is 0.494 e. The summed E-state index contributed by atoms with van der Waals surface area (Å²) < 4.78 is 22.2. The lowest BCUT2D eigenvalue weighted by molar-refractivity contribution is -0.123. The molecule has 3 aromatic carbocycles. The zero-order valence-corrected chi connectivity index (χ0v) is 20.4. The van der Waals surface area contributed by atoms with Crippen LogP contribution in [0.3, 0.4) is 0 Å². The van der Waals surface area contributed by atoms with Gasteiger partial charge in [0.05, 0.1) is 25.0 Å². The molecule has 3 rings (SSSR count). The van der Waals surface area contributed by atoms with E-state index >= 15 is 0 Å². The topological polar surface area (TPSA) is 95.5 Å². The molecule has 0 heterocycles. The first-order valence-electron chi connectivity index (χ1n) is 11.8. The predicted octanol–water partition coefficient (Wildman–Crippen LogP) is 5.01. The van der Waals surface area contributed by atoms with Gasteiger partial charge in [0.15, 0.2) is 18.1 Å². The second kappa shape index (κ2) is 14.2. The van der Waals surface area contributed by atoms with E-state index in [0.29, 0.717) is 41.6 Å². The van der Waals surface area contributed by atoms with Gasteiger partial charge in [-0.2, -0.15) is 5.10 Å². The minimum absolute atomic E-state index is 0.189. The average molecular weight is 491 g/mol. The number of benzene rings is 3. The van der Waals surface area contributed by atoms with Crippen LogP contribution >= 0.6 is 0 Å². The normalized spacial score (nSPS) is 10.6. The van der Waals surface area contributed by atoms with Gasteiger partial charge in [-0.05, 0) is 73.5 Å². The van der Waals surface area contributed by atoms with Gasteiger partial charge in [-0.1, -0.05) is 31.5 Å². The van der Waals surface area contributed by atoms with E-state index in [4.69, 9.17) is 18.9 Å². The average Bonchev–Trinajstić information content (AvgIpc) is 2.90. The van der Waals surface area contributed by atoms with Crippen LogP contribution in [-0.2, 0) is 4.79 Å². The maximum Gasteiger partial charge on any atom is 0.343 e. The molecule has 0 spiro atoms. The third kappa shape index (κ3) is 8.47. The molecule has 0 atom stereocenters. The summed E-state index contributed by atoms with van der Waals surface area (Å²) >= 11 is 0. The SMILES string of the molecule is CCCCOc1ccc(OCC(=O)NN=Cc2ccc(OC(=O)c3ccccc3)c(OCC)c2)cc1. The molecule has 0 aromatic heterocycles. The molecule has 0 radical (unpaired) electrons. The Balaban J connectivity index is 1.50. The van der Waals surface area contributed by atoms with Crippen molar-refractivity contribution < 1.29 is 28.5 Å². The second-order valence-corrected chi connectivity index (χ2v) is 7.65. The minimum atomic E-state index is -0.483. The first-order valence-corrected chi connectivity index (χ1v) is 11.8. The fourth-order valence-electron chi connectivity index (χ4n) is 3.02. The van der Waals surface area contributed by atoms with Gasteiger partial charge in [0.25, 0.3) is 5.91 Å². The third-order valence-electron chi connectivity index (χ3n) is 4.84. The smallest absolute Gasteiger partial charge is 0.343 e. The Morgan fingerprint density at radius 3 is 2.28 bits per heavy atom. The van der Waals surface area contributed by atoms with E-state index in [-0.39, 0.29) is 6.61 Å². The summed E-state index contributed by atoms with van der Waals surface area (Å²) in [5.74, 6) is 1.11. The van der Waals surface area contributed by atoms with Crippen LogP contribution in [0.15, 0.2) is 77.9 Å². The Morgan fingerprint density at radius 1 is 0.861 bits per heavy atom. The number of hydrazone groups is 1. The standard InChI is InChI=1S/C28H30N2O6/c1-3-5-17-34-23-12-14-24(15-13-23)35-20-27(31)30-29-19-21-11-16-25(26(18-21)33-4-2)36-28(32)22-9-7-6-8-10-22/h6-16,18-19H,3-5,17,20H2,1-2H3,(H,30,31). The minimum Gasteiger partial charge on any atom is -0.494 e. The quantitative estimate of drug-likeness (QED) is 0.119. The molecule has 8 heteroatoms. The van der Waals surface area contributed by atoms with Crippen LogP contribution in [0.2, 0.25) is 0 Å². The molecule has 8 nitrogen and oxygen atoms in total. The van der Waals surface area contributed by atoms with Crippen LogP contribution < -0.4 is 24.4 Å². The maximum absolute atomic E-state index is 12.4. The molecule has 0 saturated heterocycles. The molecule has 0 fully saturated rings. The fourth-order valence-corrected chi connectivity index (χ4v) is 3.02. The number of amides is 1. The van der Waals surface area contributed by atoms with Gasteiger partial charge in [0.1, 0.15) is 11.5 Å². The molecule has 0 unspecified atom stereocenters. The number of hydrogen-bond acceptors (Lipinski definition) is 7. The van der Waals surface area contributed by atoms with Gasteiger partial charge >= 0.3 is 5.97 Å². The molecule has 0 aliphatic rings. The highest BCUT2D eigenvalue weighted by Crippen LogP contribution is 2.29. The van der Waals surface area contributed by atoms with E-state index in [2.05, 4.69) is 17.5 Å². The van der Waals surface area contributed by atoms with Crippen molar-refractivity contribution in [1.29, 1.82) is 0 Å². The number of nitrogens with zero attached hydrogens (tertiary/aromatic N) is 1. The van der Waals surface area contributed by atoms with Gasteiger partial charge in [-0.15, -0.1) is 0 Å². The van der Waals surface area contributed by atoms with Crippen LogP contribution in [0.5, 0.6) is 23.0 Å². The number of carbonyl (C=O) groups excluding carboxylic acids is 2. The molecule has 0 bridgehead atoms. The molecule has 3 aromatic rings. The zero-order chi connectivity index (χ0) is 25.6. The lowest BCUT2D eigenvalue weighted by atomic mass is 10.2. The predicted molar refractivity (Wildman–Crippen MR) is 137 cm³/mol. The van der Waals surface area contributed by atoms with Crippen molar-refractivity contribution in [2.45, 2.75) is 26.7 Å². The van der Waals surface area contributed by atoms with Crippen molar-refractivity contribution in [2.24, 2.45) is 5.10 Å². The van der Waals surface area contributed by atoms with Gasteiger partial charge < -0.3 is 18.9 Å². The summed E-state index contributed by atoms with van der Waals surface area (Å²) in [5, 5.41) is 3.96. The summed E-state index contributed by atoms with van der Waals surface area (Å²) in [6.07, 6.45) is 3.53. The van der Waals surface area contributed by atoms with Crippen molar-refractivity contribution in [3.63, 3.8) is 0 Å². The van der Waals surface area contributed by atoms with E-state index in [9.17, 15) is 9.59 Å². The highest BCUT2D eigenvalue weighted by Gasteiger charge is 2.13. The molecular formula is C28H30N2O6. The zero-order valence-electron chi connectivity index (χ0n) is 20.4. The van der Waals surface area contributed by atoms with Crippen molar-refractivity contribution in [2.75, 3.05) is 19.8 Å². The molecule has 0 aliphatic heterocycles. The van der Waals surface area contributed by atoms with Crippen molar-refractivity contribution in [3.05, 3.63) is 83.9 Å². The summed E-state index contributed by atoms with van der Waals surface area (Å²) in [5.41, 5.74) is 3.51. The number of carbonyl (C=O) groups is 2. The van der Waals surface area contributed by atoms with E-state index in [1.165, 1.54) is 6.21 Å². The first kappa shape index (κ1) is 26.3. The third-order valence-corrected chi connectivity index (χ3v) is 4.84. The molecule has 0 aliphatic carbocycles. The number of rotatable bonds is 13. The summed E-state index contributed by atoms with van der Waals surface area (Å²) in [4.78, 5) is 24.4. The molecule has 0 saturated carbocycles. The Morgan fingerprint density at radius 2 is 1.58 bits per heavy atom. The van der Waals surface area contributed by atoms with Gasteiger partial charge in [-0.25, -0.2) is 10.2 Å². The van der Waals surface area contributed by atoms with Gasteiger partial charge in [0, 0.05) is 0 Å². The number of nitrogens with one attached hydrogen (secondary N) is 1. The molecule has 36 heavy (non-hydrogen) atoms. The van der Waals surface area contributed by atoms with Crippen LogP contribution in [0.1, 0.15) is 42.6 Å². The first-order chi connectivity index (χ1) is 17.6. The summed E-state index contributed by atoms with van der Waals surface area (Å²) in [7, 11) is 0. The van der Waals surface area contributed by atoms with Crippen LogP contribution in [-0.4, -0.2) is 37.9 Å².